The summed E-state index contributed by atoms with van der Waals surface area (Å²) in [6, 6.07) is 14.9. The van der Waals surface area contributed by atoms with Crippen LogP contribution in [0.15, 0.2) is 54.7 Å². The molecular formula is C14H10N2O2. The highest BCUT2D eigenvalue weighted by Crippen LogP contribution is 2.24. The Balaban J connectivity index is 2.38. The third-order valence-electron chi connectivity index (χ3n) is 2.78. The normalized spacial score (nSPS) is 10.7. The molecule has 0 bridgehead atoms. The van der Waals surface area contributed by atoms with Crippen molar-refractivity contribution in [2.75, 3.05) is 0 Å². The second-order valence-electron chi connectivity index (χ2n) is 3.91. The Bertz CT molecular complexity index is 717. The van der Waals surface area contributed by atoms with E-state index in [4.69, 9.17) is 0 Å². The molecule has 2 heterocycles. The molecule has 3 aromatic rings. The molecule has 0 unspecified atom stereocenters. The van der Waals surface area contributed by atoms with Crippen LogP contribution in [0.25, 0.3) is 16.9 Å². The van der Waals surface area contributed by atoms with Crippen molar-refractivity contribution in [3.05, 3.63) is 60.4 Å². The SMILES string of the molecule is O=C(O)c1nc2ccccn2c1-c1ccccc1. The van der Waals surface area contributed by atoms with Gasteiger partial charge >= 0.3 is 5.97 Å². The van der Waals surface area contributed by atoms with E-state index in [0.29, 0.717) is 11.3 Å². The summed E-state index contributed by atoms with van der Waals surface area (Å²) in [5, 5.41) is 9.25. The summed E-state index contributed by atoms with van der Waals surface area (Å²) >= 11 is 0. The Morgan fingerprint density at radius 1 is 1.06 bits per heavy atom. The third kappa shape index (κ3) is 1.55. The first-order chi connectivity index (χ1) is 8.77. The molecule has 0 spiro atoms. The molecule has 0 aliphatic rings. The summed E-state index contributed by atoms with van der Waals surface area (Å²) in [6.45, 7) is 0. The van der Waals surface area contributed by atoms with E-state index < -0.39 is 5.97 Å². The molecule has 18 heavy (non-hydrogen) atoms. The Morgan fingerprint density at radius 2 is 1.78 bits per heavy atom. The number of carboxylic acids is 1. The van der Waals surface area contributed by atoms with Crippen LogP contribution >= 0.6 is 0 Å². The molecule has 1 N–H and O–H groups in total. The zero-order chi connectivity index (χ0) is 12.5. The number of aromatic carboxylic acids is 1. The molecule has 0 amide bonds. The van der Waals surface area contributed by atoms with Crippen molar-refractivity contribution < 1.29 is 9.90 Å². The van der Waals surface area contributed by atoms with Crippen molar-refractivity contribution in [1.29, 1.82) is 0 Å². The van der Waals surface area contributed by atoms with Gasteiger partial charge in [-0.25, -0.2) is 9.78 Å². The lowest BCUT2D eigenvalue weighted by atomic mass is 10.1. The van der Waals surface area contributed by atoms with Gasteiger partial charge in [0.25, 0.3) is 0 Å². The molecule has 0 saturated heterocycles. The molecule has 0 atom stereocenters. The molecule has 4 nitrogen and oxygen atoms in total. The molecule has 0 radical (unpaired) electrons. The van der Waals surface area contributed by atoms with E-state index in [0.717, 1.165) is 5.56 Å². The predicted octanol–water partition coefficient (Wildman–Crippen LogP) is 2.70. The summed E-state index contributed by atoms with van der Waals surface area (Å²) in [7, 11) is 0. The van der Waals surface area contributed by atoms with Crippen molar-refractivity contribution in [2.24, 2.45) is 0 Å². The number of hydrogen-bond acceptors (Lipinski definition) is 2. The monoisotopic (exact) mass is 238 g/mol. The Hall–Kier alpha value is -2.62. The third-order valence-corrected chi connectivity index (χ3v) is 2.78. The lowest BCUT2D eigenvalue weighted by molar-refractivity contribution is 0.0692. The zero-order valence-corrected chi connectivity index (χ0v) is 9.45. The molecule has 0 fully saturated rings. The summed E-state index contributed by atoms with van der Waals surface area (Å²) in [5.41, 5.74) is 2.16. The molecule has 0 saturated carbocycles. The van der Waals surface area contributed by atoms with Gasteiger partial charge < -0.3 is 5.11 Å². The van der Waals surface area contributed by atoms with Gasteiger partial charge in [0, 0.05) is 11.8 Å². The molecule has 4 heteroatoms. The van der Waals surface area contributed by atoms with Gasteiger partial charge in [0.2, 0.25) is 0 Å². The number of fused-ring (bicyclic) bond motifs is 1. The fourth-order valence-electron chi connectivity index (χ4n) is 2.02. The van der Waals surface area contributed by atoms with E-state index in [-0.39, 0.29) is 5.69 Å². The molecule has 88 valence electrons. The quantitative estimate of drug-likeness (QED) is 0.746. The van der Waals surface area contributed by atoms with E-state index in [1.165, 1.54) is 0 Å². The summed E-state index contributed by atoms with van der Waals surface area (Å²) in [4.78, 5) is 15.4. The van der Waals surface area contributed by atoms with Crippen molar-refractivity contribution in [2.45, 2.75) is 0 Å². The van der Waals surface area contributed by atoms with E-state index >= 15 is 0 Å². The maximum absolute atomic E-state index is 11.3. The second kappa shape index (κ2) is 4.00. The molecule has 0 aliphatic heterocycles. The number of hydrogen-bond donors (Lipinski definition) is 1. The summed E-state index contributed by atoms with van der Waals surface area (Å²) in [5.74, 6) is -1.02. The zero-order valence-electron chi connectivity index (χ0n) is 9.45. The molecular weight excluding hydrogens is 228 g/mol. The van der Waals surface area contributed by atoms with Crippen LogP contribution in [0.2, 0.25) is 0 Å². The van der Waals surface area contributed by atoms with Crippen molar-refractivity contribution in [3.8, 4) is 11.3 Å². The van der Waals surface area contributed by atoms with E-state index in [1.807, 2.05) is 48.7 Å². The Labute approximate surface area is 103 Å². The number of carbonyl (C=O) groups is 1. The van der Waals surface area contributed by atoms with Crippen LogP contribution in [0.3, 0.4) is 0 Å². The maximum atomic E-state index is 11.3. The van der Waals surface area contributed by atoms with Crippen LogP contribution in [0.1, 0.15) is 10.5 Å². The molecule has 1 aromatic carbocycles. The first-order valence-electron chi connectivity index (χ1n) is 5.53. The number of benzene rings is 1. The fraction of sp³-hybridized carbons (Fsp3) is 0. The fourth-order valence-corrected chi connectivity index (χ4v) is 2.02. The summed E-state index contributed by atoms with van der Waals surface area (Å²) < 4.78 is 1.79. The van der Waals surface area contributed by atoms with E-state index in [9.17, 15) is 9.90 Å². The minimum absolute atomic E-state index is 0.0763. The number of pyridine rings is 1. The van der Waals surface area contributed by atoms with Gasteiger partial charge in [-0.3, -0.25) is 4.40 Å². The van der Waals surface area contributed by atoms with Gasteiger partial charge in [0.15, 0.2) is 5.69 Å². The average Bonchev–Trinajstić information content (AvgIpc) is 2.79. The van der Waals surface area contributed by atoms with Crippen molar-refractivity contribution in [3.63, 3.8) is 0 Å². The highest BCUT2D eigenvalue weighted by atomic mass is 16.4. The van der Waals surface area contributed by atoms with Crippen LogP contribution in [-0.2, 0) is 0 Å². The lowest BCUT2D eigenvalue weighted by Gasteiger charge is -2.02. The highest BCUT2D eigenvalue weighted by Gasteiger charge is 2.18. The lowest BCUT2D eigenvalue weighted by Crippen LogP contribution is -1.99. The van der Waals surface area contributed by atoms with Crippen LogP contribution in [-0.4, -0.2) is 20.5 Å². The predicted molar refractivity (Wildman–Crippen MR) is 67.6 cm³/mol. The molecule has 0 aliphatic carbocycles. The van der Waals surface area contributed by atoms with E-state index in [2.05, 4.69) is 4.98 Å². The van der Waals surface area contributed by atoms with Crippen molar-refractivity contribution in [1.82, 2.24) is 9.38 Å². The van der Waals surface area contributed by atoms with Gasteiger partial charge in [-0.2, -0.15) is 0 Å². The summed E-state index contributed by atoms with van der Waals surface area (Å²) in [6.07, 6.45) is 1.82. The standard InChI is InChI=1S/C14H10N2O2/c17-14(18)12-13(10-6-2-1-3-7-10)16-9-5-4-8-11(16)15-12/h1-9H,(H,17,18). The number of nitrogens with zero attached hydrogens (tertiary/aromatic N) is 2. The van der Waals surface area contributed by atoms with Crippen LogP contribution < -0.4 is 0 Å². The number of rotatable bonds is 2. The topological polar surface area (TPSA) is 54.6 Å². The van der Waals surface area contributed by atoms with Crippen LogP contribution in [0.5, 0.6) is 0 Å². The smallest absolute Gasteiger partial charge is 0.356 e. The first-order valence-corrected chi connectivity index (χ1v) is 5.53. The first kappa shape index (κ1) is 10.5. The minimum Gasteiger partial charge on any atom is -0.476 e. The van der Waals surface area contributed by atoms with E-state index in [1.54, 1.807) is 10.5 Å². The number of carboxylic acid groups (broad SMARTS) is 1. The highest BCUT2D eigenvalue weighted by molar-refractivity contribution is 5.94. The van der Waals surface area contributed by atoms with Crippen molar-refractivity contribution >= 4 is 11.6 Å². The van der Waals surface area contributed by atoms with Gasteiger partial charge in [-0.05, 0) is 12.1 Å². The van der Waals surface area contributed by atoms with Gasteiger partial charge in [0.05, 0.1) is 5.69 Å². The van der Waals surface area contributed by atoms with Gasteiger partial charge in [0.1, 0.15) is 5.65 Å². The van der Waals surface area contributed by atoms with Gasteiger partial charge in [-0.1, -0.05) is 36.4 Å². The second-order valence-corrected chi connectivity index (χ2v) is 3.91. The average molecular weight is 238 g/mol. The Morgan fingerprint density at radius 3 is 2.50 bits per heavy atom. The number of imidazole rings is 1. The molecule has 3 rings (SSSR count). The Kier molecular flexibility index (Phi) is 2.34. The van der Waals surface area contributed by atoms with Crippen LogP contribution in [0, 0.1) is 0 Å². The number of aromatic nitrogens is 2. The largest absolute Gasteiger partial charge is 0.476 e. The maximum Gasteiger partial charge on any atom is 0.356 e. The van der Waals surface area contributed by atoms with Crippen LogP contribution in [0.4, 0.5) is 0 Å². The molecule has 2 aromatic heterocycles. The van der Waals surface area contributed by atoms with Gasteiger partial charge in [-0.15, -0.1) is 0 Å². The minimum atomic E-state index is -1.02.